The van der Waals surface area contributed by atoms with Crippen molar-refractivity contribution < 1.29 is 19.4 Å². The van der Waals surface area contributed by atoms with Gasteiger partial charge in [0.05, 0.1) is 18.4 Å². The van der Waals surface area contributed by atoms with E-state index in [0.29, 0.717) is 0 Å². The van der Waals surface area contributed by atoms with Gasteiger partial charge < -0.3 is 9.84 Å². The topological polar surface area (TPSA) is 63.6 Å². The summed E-state index contributed by atoms with van der Waals surface area (Å²) in [7, 11) is 0. The highest BCUT2D eigenvalue weighted by atomic mass is 35.5. The van der Waals surface area contributed by atoms with Crippen LogP contribution in [0.5, 0.6) is 0 Å². The summed E-state index contributed by atoms with van der Waals surface area (Å²) in [5.41, 5.74) is 0. The van der Waals surface area contributed by atoms with Crippen LogP contribution in [0, 0.1) is 5.92 Å². The van der Waals surface area contributed by atoms with Gasteiger partial charge in [-0.1, -0.05) is 0 Å². The van der Waals surface area contributed by atoms with Crippen LogP contribution in [0.25, 0.3) is 0 Å². The second-order valence-corrected chi connectivity index (χ2v) is 2.63. The molecule has 11 heavy (non-hydrogen) atoms. The molecule has 0 spiro atoms. The maximum atomic E-state index is 10.7. The molecule has 1 fully saturated rings. The van der Waals surface area contributed by atoms with Crippen LogP contribution in [0.2, 0.25) is 0 Å². The number of alkyl halides is 1. The molecule has 0 aromatic carbocycles. The van der Waals surface area contributed by atoms with Crippen LogP contribution in [-0.2, 0) is 14.3 Å². The summed E-state index contributed by atoms with van der Waals surface area (Å²) in [5.74, 6) is -2.10. The molecule has 2 atom stereocenters. The molecule has 0 amide bonds. The molecule has 0 aromatic rings. The molecule has 4 nitrogen and oxygen atoms in total. The summed E-state index contributed by atoms with van der Waals surface area (Å²) >= 11 is 5.28. The number of aliphatic hydroxyl groups excluding tert-OH is 1. The molecule has 0 saturated carbocycles. The lowest BCUT2D eigenvalue weighted by Gasteiger charge is -2.08. The lowest BCUT2D eigenvalue weighted by atomic mass is 10.0. The standard InChI is InChI=1S/C6H7ClO4/c7-2-4(8)3-1-5(9)11-6(3)10/h3-4,8H,1-2H2. The Morgan fingerprint density at radius 3 is 2.73 bits per heavy atom. The van der Waals surface area contributed by atoms with E-state index in [4.69, 9.17) is 16.7 Å². The van der Waals surface area contributed by atoms with E-state index in [2.05, 4.69) is 4.74 Å². The van der Waals surface area contributed by atoms with Crippen molar-refractivity contribution in [2.75, 3.05) is 5.88 Å². The van der Waals surface area contributed by atoms with Crippen molar-refractivity contribution in [3.8, 4) is 0 Å². The van der Waals surface area contributed by atoms with E-state index in [-0.39, 0.29) is 12.3 Å². The molecular weight excluding hydrogens is 172 g/mol. The zero-order chi connectivity index (χ0) is 8.43. The Morgan fingerprint density at radius 2 is 2.36 bits per heavy atom. The zero-order valence-corrected chi connectivity index (χ0v) is 6.37. The molecule has 5 heteroatoms. The summed E-state index contributed by atoms with van der Waals surface area (Å²) in [4.78, 5) is 21.2. The van der Waals surface area contributed by atoms with Gasteiger partial charge in [0.25, 0.3) is 0 Å². The molecule has 1 heterocycles. The third kappa shape index (κ3) is 1.70. The smallest absolute Gasteiger partial charge is 0.319 e. The van der Waals surface area contributed by atoms with Gasteiger partial charge in [0.2, 0.25) is 0 Å². The maximum Gasteiger partial charge on any atom is 0.319 e. The van der Waals surface area contributed by atoms with Gasteiger partial charge in [-0.2, -0.15) is 0 Å². The van der Waals surface area contributed by atoms with Crippen LogP contribution in [0.4, 0.5) is 0 Å². The average molecular weight is 179 g/mol. The molecule has 0 bridgehead atoms. The Hall–Kier alpha value is -0.610. The maximum absolute atomic E-state index is 10.7. The van der Waals surface area contributed by atoms with Gasteiger partial charge in [-0.25, -0.2) is 0 Å². The first-order chi connectivity index (χ1) is 5.15. The Labute approximate surface area is 68.1 Å². The summed E-state index contributed by atoms with van der Waals surface area (Å²) in [6.45, 7) is 0. The molecule has 1 rings (SSSR count). The van der Waals surface area contributed by atoms with E-state index in [1.807, 2.05) is 0 Å². The van der Waals surface area contributed by atoms with Crippen LogP contribution in [0.15, 0.2) is 0 Å². The number of halogens is 1. The fourth-order valence-corrected chi connectivity index (χ4v) is 1.11. The predicted octanol–water partition coefficient (Wildman–Crippen LogP) is -0.324. The largest absolute Gasteiger partial charge is 0.393 e. The van der Waals surface area contributed by atoms with Gasteiger partial charge >= 0.3 is 11.9 Å². The first kappa shape index (κ1) is 8.49. The number of hydrogen-bond acceptors (Lipinski definition) is 4. The fourth-order valence-electron chi connectivity index (χ4n) is 0.893. The van der Waals surface area contributed by atoms with Crippen LogP contribution in [0.1, 0.15) is 6.42 Å². The number of esters is 2. The first-order valence-electron chi connectivity index (χ1n) is 3.13. The van der Waals surface area contributed by atoms with Crippen LogP contribution < -0.4 is 0 Å². The van der Waals surface area contributed by atoms with Gasteiger partial charge in [0.15, 0.2) is 0 Å². The number of carbonyl (C=O) groups excluding carboxylic acids is 2. The minimum Gasteiger partial charge on any atom is -0.393 e. The SMILES string of the molecule is O=C1CC(C(O)CCl)C(=O)O1. The molecule has 0 aliphatic carbocycles. The summed E-state index contributed by atoms with van der Waals surface area (Å²) < 4.78 is 4.20. The van der Waals surface area contributed by atoms with E-state index in [9.17, 15) is 9.59 Å². The molecule has 62 valence electrons. The van der Waals surface area contributed by atoms with Crippen LogP contribution in [0.3, 0.4) is 0 Å². The number of rotatable bonds is 2. The van der Waals surface area contributed by atoms with Crippen molar-refractivity contribution in [1.82, 2.24) is 0 Å². The monoisotopic (exact) mass is 178 g/mol. The van der Waals surface area contributed by atoms with Crippen LogP contribution in [-0.4, -0.2) is 29.0 Å². The van der Waals surface area contributed by atoms with Crippen molar-refractivity contribution in [2.24, 2.45) is 5.92 Å². The number of cyclic esters (lactones) is 2. The average Bonchev–Trinajstić information content (AvgIpc) is 2.28. The predicted molar refractivity (Wildman–Crippen MR) is 35.9 cm³/mol. The fraction of sp³-hybridized carbons (Fsp3) is 0.667. The zero-order valence-electron chi connectivity index (χ0n) is 5.62. The van der Waals surface area contributed by atoms with E-state index in [1.165, 1.54) is 0 Å². The Balaban J connectivity index is 2.59. The summed E-state index contributed by atoms with van der Waals surface area (Å²) in [6, 6.07) is 0. The Morgan fingerprint density at radius 1 is 1.73 bits per heavy atom. The molecule has 2 unspecified atom stereocenters. The second-order valence-electron chi connectivity index (χ2n) is 2.33. The Kier molecular flexibility index (Phi) is 2.46. The first-order valence-corrected chi connectivity index (χ1v) is 3.67. The van der Waals surface area contributed by atoms with Gasteiger partial charge in [-0.15, -0.1) is 11.6 Å². The van der Waals surface area contributed by atoms with Gasteiger partial charge in [0.1, 0.15) is 0 Å². The highest BCUT2D eigenvalue weighted by molar-refractivity contribution is 6.18. The second kappa shape index (κ2) is 3.19. The van der Waals surface area contributed by atoms with Gasteiger partial charge in [0, 0.05) is 5.88 Å². The summed E-state index contributed by atoms with van der Waals surface area (Å²) in [6.07, 6.45) is -1.04. The van der Waals surface area contributed by atoms with E-state index in [1.54, 1.807) is 0 Å². The van der Waals surface area contributed by atoms with Gasteiger partial charge in [-0.3, -0.25) is 9.59 Å². The van der Waals surface area contributed by atoms with Gasteiger partial charge in [-0.05, 0) is 0 Å². The van der Waals surface area contributed by atoms with Crippen LogP contribution >= 0.6 is 11.6 Å². The van der Waals surface area contributed by atoms with E-state index < -0.39 is 24.0 Å². The third-order valence-corrected chi connectivity index (χ3v) is 1.84. The molecule has 0 radical (unpaired) electrons. The van der Waals surface area contributed by atoms with E-state index >= 15 is 0 Å². The Bertz CT molecular complexity index is 191. The molecule has 1 saturated heterocycles. The normalized spacial score (nSPS) is 26.9. The molecule has 1 aliphatic heterocycles. The number of carbonyl (C=O) groups is 2. The van der Waals surface area contributed by atoms with E-state index in [0.717, 1.165) is 0 Å². The lowest BCUT2D eigenvalue weighted by molar-refractivity contribution is -0.153. The summed E-state index contributed by atoms with van der Waals surface area (Å²) in [5, 5.41) is 9.06. The quantitative estimate of drug-likeness (QED) is 0.358. The molecule has 1 N–H and O–H groups in total. The molecule has 0 aromatic heterocycles. The van der Waals surface area contributed by atoms with Crippen molar-refractivity contribution in [1.29, 1.82) is 0 Å². The van der Waals surface area contributed by atoms with Crippen molar-refractivity contribution >= 4 is 23.5 Å². The highest BCUT2D eigenvalue weighted by Gasteiger charge is 2.38. The minimum absolute atomic E-state index is 0.0625. The van der Waals surface area contributed by atoms with Crippen molar-refractivity contribution in [3.05, 3.63) is 0 Å². The molecule has 1 aliphatic rings. The highest BCUT2D eigenvalue weighted by Crippen LogP contribution is 2.20. The van der Waals surface area contributed by atoms with Crippen molar-refractivity contribution in [2.45, 2.75) is 12.5 Å². The number of aliphatic hydroxyl groups is 1. The molecular formula is C6H7ClO4. The minimum atomic E-state index is -0.976. The third-order valence-electron chi connectivity index (χ3n) is 1.53. The lowest BCUT2D eigenvalue weighted by Crippen LogP contribution is -2.25. The number of hydrogen-bond donors (Lipinski definition) is 1. The number of ether oxygens (including phenoxy) is 1. The van der Waals surface area contributed by atoms with Crippen molar-refractivity contribution in [3.63, 3.8) is 0 Å².